The standard InChI is InChI=1S/C12H22O6/c1-3-16-12(17-4-2)9-18-11(15)8-6-5-7-10(13)14/h12H,3-9H2,1-2H3,(H,13,14). The fraction of sp³-hybridized carbons (Fsp3) is 0.833. The van der Waals surface area contributed by atoms with E-state index < -0.39 is 12.3 Å². The normalized spacial score (nSPS) is 10.6. The van der Waals surface area contributed by atoms with Crippen molar-refractivity contribution in [1.82, 2.24) is 0 Å². The molecular weight excluding hydrogens is 240 g/mol. The molecule has 1 N–H and O–H groups in total. The maximum atomic E-state index is 11.3. The number of carbonyl (C=O) groups excluding carboxylic acids is 1. The first-order chi connectivity index (χ1) is 8.60. The number of carboxylic acid groups (broad SMARTS) is 1. The van der Waals surface area contributed by atoms with Crippen molar-refractivity contribution in [3.63, 3.8) is 0 Å². The van der Waals surface area contributed by atoms with Gasteiger partial charge in [-0.15, -0.1) is 0 Å². The predicted molar refractivity (Wildman–Crippen MR) is 64.1 cm³/mol. The molecule has 0 radical (unpaired) electrons. The third kappa shape index (κ3) is 10.0. The van der Waals surface area contributed by atoms with Crippen LogP contribution in [0.25, 0.3) is 0 Å². The Morgan fingerprint density at radius 2 is 1.61 bits per heavy atom. The summed E-state index contributed by atoms with van der Waals surface area (Å²) in [4.78, 5) is 21.6. The lowest BCUT2D eigenvalue weighted by Gasteiger charge is -2.16. The van der Waals surface area contributed by atoms with Gasteiger partial charge in [0.2, 0.25) is 0 Å². The van der Waals surface area contributed by atoms with Crippen LogP contribution in [0.15, 0.2) is 0 Å². The summed E-state index contributed by atoms with van der Waals surface area (Å²) in [6.07, 6.45) is 0.763. The Morgan fingerprint density at radius 1 is 1.06 bits per heavy atom. The van der Waals surface area contributed by atoms with Crippen molar-refractivity contribution in [2.24, 2.45) is 0 Å². The molecule has 0 aromatic heterocycles. The molecule has 0 aliphatic rings. The fourth-order valence-corrected chi connectivity index (χ4v) is 1.29. The first-order valence-electron chi connectivity index (χ1n) is 6.20. The van der Waals surface area contributed by atoms with Crippen LogP contribution in [0.3, 0.4) is 0 Å². The molecule has 0 saturated carbocycles. The molecule has 0 spiro atoms. The molecule has 0 heterocycles. The Morgan fingerprint density at radius 3 is 2.11 bits per heavy atom. The number of hydrogen-bond donors (Lipinski definition) is 1. The van der Waals surface area contributed by atoms with Gasteiger partial charge in [0.15, 0.2) is 6.29 Å². The van der Waals surface area contributed by atoms with Crippen molar-refractivity contribution in [2.45, 2.75) is 45.8 Å². The second-order valence-corrected chi connectivity index (χ2v) is 3.62. The van der Waals surface area contributed by atoms with Crippen molar-refractivity contribution < 1.29 is 28.9 Å². The van der Waals surface area contributed by atoms with Gasteiger partial charge in [-0.3, -0.25) is 9.59 Å². The summed E-state index contributed by atoms with van der Waals surface area (Å²) in [7, 11) is 0. The van der Waals surface area contributed by atoms with E-state index in [1.54, 1.807) is 0 Å². The second kappa shape index (κ2) is 11.0. The summed E-state index contributed by atoms with van der Waals surface area (Å²) < 4.78 is 15.4. The molecule has 0 atom stereocenters. The van der Waals surface area contributed by atoms with Crippen LogP contribution in [0.1, 0.15) is 39.5 Å². The number of ether oxygens (including phenoxy) is 3. The molecule has 0 rings (SSSR count). The number of carbonyl (C=O) groups is 2. The minimum absolute atomic E-state index is 0.0689. The zero-order valence-corrected chi connectivity index (χ0v) is 11.0. The molecule has 0 aromatic carbocycles. The summed E-state index contributed by atoms with van der Waals surface area (Å²) in [5.41, 5.74) is 0. The summed E-state index contributed by atoms with van der Waals surface area (Å²) in [6.45, 7) is 4.71. The van der Waals surface area contributed by atoms with Gasteiger partial charge < -0.3 is 19.3 Å². The molecule has 6 heteroatoms. The van der Waals surface area contributed by atoms with Crippen LogP contribution in [0.5, 0.6) is 0 Å². The van der Waals surface area contributed by atoms with E-state index in [0.717, 1.165) is 0 Å². The maximum Gasteiger partial charge on any atom is 0.305 e. The van der Waals surface area contributed by atoms with Crippen molar-refractivity contribution in [1.29, 1.82) is 0 Å². The van der Waals surface area contributed by atoms with Crippen LogP contribution >= 0.6 is 0 Å². The quantitative estimate of drug-likeness (QED) is 0.346. The van der Waals surface area contributed by atoms with Crippen LogP contribution in [0.2, 0.25) is 0 Å². The van der Waals surface area contributed by atoms with E-state index in [9.17, 15) is 9.59 Å². The molecule has 0 amide bonds. The van der Waals surface area contributed by atoms with Crippen molar-refractivity contribution in [2.75, 3.05) is 19.8 Å². The van der Waals surface area contributed by atoms with E-state index in [4.69, 9.17) is 19.3 Å². The summed E-state index contributed by atoms with van der Waals surface area (Å²) in [5, 5.41) is 8.42. The number of rotatable bonds is 11. The Labute approximate surface area is 107 Å². The maximum absolute atomic E-state index is 11.3. The lowest BCUT2D eigenvalue weighted by molar-refractivity contribution is -0.179. The third-order valence-corrected chi connectivity index (χ3v) is 2.11. The van der Waals surface area contributed by atoms with Gasteiger partial charge in [0.25, 0.3) is 0 Å². The zero-order chi connectivity index (χ0) is 13.8. The fourth-order valence-electron chi connectivity index (χ4n) is 1.29. The van der Waals surface area contributed by atoms with Crippen LogP contribution in [0.4, 0.5) is 0 Å². The number of unbranched alkanes of at least 4 members (excludes halogenated alkanes) is 1. The topological polar surface area (TPSA) is 82.1 Å². The highest BCUT2D eigenvalue weighted by Crippen LogP contribution is 2.03. The van der Waals surface area contributed by atoms with Gasteiger partial charge in [-0.1, -0.05) is 0 Å². The highest BCUT2D eigenvalue weighted by atomic mass is 16.7. The first-order valence-corrected chi connectivity index (χ1v) is 6.20. The summed E-state index contributed by atoms with van der Waals surface area (Å²) in [5.74, 6) is -1.21. The number of hydrogen-bond acceptors (Lipinski definition) is 5. The average molecular weight is 262 g/mol. The highest BCUT2D eigenvalue weighted by molar-refractivity contribution is 5.69. The lowest BCUT2D eigenvalue weighted by Crippen LogP contribution is -2.25. The Balaban J connectivity index is 3.63. The molecule has 0 fully saturated rings. The van der Waals surface area contributed by atoms with E-state index in [1.165, 1.54) is 0 Å². The number of esters is 1. The van der Waals surface area contributed by atoms with Crippen LogP contribution in [-0.4, -0.2) is 43.2 Å². The van der Waals surface area contributed by atoms with Gasteiger partial charge in [-0.05, 0) is 26.7 Å². The van der Waals surface area contributed by atoms with E-state index in [2.05, 4.69) is 0 Å². The van der Waals surface area contributed by atoms with E-state index in [1.807, 2.05) is 13.8 Å². The van der Waals surface area contributed by atoms with Gasteiger partial charge in [0.05, 0.1) is 0 Å². The minimum Gasteiger partial charge on any atom is -0.481 e. The smallest absolute Gasteiger partial charge is 0.305 e. The van der Waals surface area contributed by atoms with E-state index in [0.29, 0.717) is 26.1 Å². The molecule has 0 saturated heterocycles. The van der Waals surface area contributed by atoms with Gasteiger partial charge >= 0.3 is 11.9 Å². The van der Waals surface area contributed by atoms with Crippen LogP contribution < -0.4 is 0 Å². The molecule has 6 nitrogen and oxygen atoms in total. The van der Waals surface area contributed by atoms with Gasteiger partial charge in [-0.2, -0.15) is 0 Å². The van der Waals surface area contributed by atoms with E-state index in [-0.39, 0.29) is 25.4 Å². The van der Waals surface area contributed by atoms with E-state index >= 15 is 0 Å². The average Bonchev–Trinajstić information content (AvgIpc) is 2.32. The Bertz CT molecular complexity index is 235. The molecule has 0 aromatic rings. The van der Waals surface area contributed by atoms with Crippen LogP contribution in [0, 0.1) is 0 Å². The molecule has 0 unspecified atom stereocenters. The molecular formula is C12H22O6. The largest absolute Gasteiger partial charge is 0.481 e. The molecule has 106 valence electrons. The molecule has 0 aliphatic heterocycles. The molecule has 0 aliphatic carbocycles. The number of aliphatic carboxylic acids is 1. The van der Waals surface area contributed by atoms with Crippen molar-refractivity contribution >= 4 is 11.9 Å². The van der Waals surface area contributed by atoms with Crippen molar-refractivity contribution in [3.05, 3.63) is 0 Å². The molecule has 0 bridgehead atoms. The summed E-state index contributed by atoms with van der Waals surface area (Å²) >= 11 is 0. The Kier molecular flexibility index (Phi) is 10.3. The monoisotopic (exact) mass is 262 g/mol. The second-order valence-electron chi connectivity index (χ2n) is 3.62. The van der Waals surface area contributed by atoms with Gasteiger partial charge in [0.1, 0.15) is 6.61 Å². The first kappa shape index (κ1) is 16.9. The minimum atomic E-state index is -0.851. The zero-order valence-electron chi connectivity index (χ0n) is 11.0. The van der Waals surface area contributed by atoms with Crippen molar-refractivity contribution in [3.8, 4) is 0 Å². The third-order valence-electron chi connectivity index (χ3n) is 2.11. The summed E-state index contributed by atoms with van der Waals surface area (Å²) in [6, 6.07) is 0. The molecule has 18 heavy (non-hydrogen) atoms. The Hall–Kier alpha value is -1.14. The van der Waals surface area contributed by atoms with Crippen LogP contribution in [-0.2, 0) is 23.8 Å². The SMILES string of the molecule is CCOC(COC(=O)CCCCC(=O)O)OCC. The number of carboxylic acids is 1. The lowest BCUT2D eigenvalue weighted by atomic mass is 10.2. The van der Waals surface area contributed by atoms with Gasteiger partial charge in [0, 0.05) is 26.1 Å². The predicted octanol–water partition coefficient (Wildman–Crippen LogP) is 1.57. The highest BCUT2D eigenvalue weighted by Gasteiger charge is 2.11. The van der Waals surface area contributed by atoms with Gasteiger partial charge in [-0.25, -0.2) is 0 Å².